The topological polar surface area (TPSA) is 47.0 Å². The van der Waals surface area contributed by atoms with Gasteiger partial charge < -0.3 is 0 Å². The van der Waals surface area contributed by atoms with E-state index in [4.69, 9.17) is 0 Å². The summed E-state index contributed by atoms with van der Waals surface area (Å²) in [5, 5.41) is 1.56. The number of carbonyl (C=O) groups is 2. The van der Waals surface area contributed by atoms with Crippen LogP contribution in [0.4, 0.5) is 0 Å². The van der Waals surface area contributed by atoms with E-state index in [0.29, 0.717) is 16.6 Å². The molecular formula is C19H13Br2NO2. The molecule has 1 heterocycles. The van der Waals surface area contributed by atoms with Crippen LogP contribution in [0.5, 0.6) is 0 Å². The number of benzene rings is 2. The van der Waals surface area contributed by atoms with E-state index in [1.807, 2.05) is 48.5 Å². The fourth-order valence-electron chi connectivity index (χ4n) is 2.45. The molecule has 0 saturated heterocycles. The molecule has 3 nitrogen and oxygen atoms in total. The lowest BCUT2D eigenvalue weighted by atomic mass is 10.0. The average Bonchev–Trinajstić information content (AvgIpc) is 2.66. The summed E-state index contributed by atoms with van der Waals surface area (Å²) in [5.41, 5.74) is 4.02. The summed E-state index contributed by atoms with van der Waals surface area (Å²) in [6.45, 7) is 0. The fraction of sp³-hybridized carbons (Fsp3) is 0.105. The zero-order valence-corrected chi connectivity index (χ0v) is 15.8. The number of carbonyl (C=O) groups excluding carboxylic acids is 2. The van der Waals surface area contributed by atoms with E-state index in [2.05, 4.69) is 36.8 Å². The van der Waals surface area contributed by atoms with Gasteiger partial charge in [0.25, 0.3) is 0 Å². The van der Waals surface area contributed by atoms with Gasteiger partial charge in [-0.1, -0.05) is 68.3 Å². The first-order chi connectivity index (χ1) is 11.6. The van der Waals surface area contributed by atoms with E-state index >= 15 is 0 Å². The van der Waals surface area contributed by atoms with Crippen molar-refractivity contribution in [2.24, 2.45) is 0 Å². The molecule has 0 fully saturated rings. The number of hydrogen-bond donors (Lipinski definition) is 0. The number of fused-ring (bicyclic) bond motifs is 1. The highest BCUT2D eigenvalue weighted by molar-refractivity contribution is 9.09. The lowest BCUT2D eigenvalue weighted by Crippen LogP contribution is -2.02. The third kappa shape index (κ3) is 3.47. The molecule has 120 valence electrons. The lowest BCUT2D eigenvalue weighted by Gasteiger charge is -2.06. The van der Waals surface area contributed by atoms with Gasteiger partial charge in [-0.2, -0.15) is 0 Å². The zero-order chi connectivity index (χ0) is 17.1. The van der Waals surface area contributed by atoms with Crippen LogP contribution in [0, 0.1) is 0 Å². The maximum Gasteiger partial charge on any atom is 0.191 e. The van der Waals surface area contributed by atoms with Crippen LogP contribution in [-0.2, 0) is 0 Å². The summed E-state index contributed by atoms with van der Waals surface area (Å²) in [4.78, 5) is 27.8. The van der Waals surface area contributed by atoms with Crippen LogP contribution >= 0.6 is 31.9 Å². The molecular weight excluding hydrogens is 434 g/mol. The molecule has 3 aromatic rings. The number of rotatable bonds is 5. The van der Waals surface area contributed by atoms with Gasteiger partial charge in [-0.25, -0.2) is 4.98 Å². The van der Waals surface area contributed by atoms with Crippen LogP contribution in [0.2, 0.25) is 0 Å². The van der Waals surface area contributed by atoms with Crippen molar-refractivity contribution in [2.75, 3.05) is 10.7 Å². The monoisotopic (exact) mass is 445 g/mol. The third-order valence-corrected chi connectivity index (χ3v) is 4.78. The number of alkyl halides is 2. The number of aromatic nitrogens is 1. The standard InChI is InChI=1S/C19H13Br2NO2/c20-10-18(23)13-3-1-12(2-4-13)14-5-7-16-15(9-14)6-8-17(22-16)19(24)11-21/h1-9H,10-11H2. The van der Waals surface area contributed by atoms with Crippen molar-refractivity contribution in [3.8, 4) is 11.1 Å². The highest BCUT2D eigenvalue weighted by Crippen LogP contribution is 2.24. The predicted molar refractivity (Wildman–Crippen MR) is 103 cm³/mol. The molecule has 0 saturated carbocycles. The molecule has 0 atom stereocenters. The maximum atomic E-state index is 11.7. The number of nitrogens with zero attached hydrogens (tertiary/aromatic N) is 1. The van der Waals surface area contributed by atoms with Crippen LogP contribution in [0.25, 0.3) is 22.0 Å². The third-order valence-electron chi connectivity index (χ3n) is 3.76. The Morgan fingerprint density at radius 1 is 0.792 bits per heavy atom. The molecule has 2 aromatic carbocycles. The summed E-state index contributed by atoms with van der Waals surface area (Å²) in [7, 11) is 0. The van der Waals surface area contributed by atoms with Gasteiger partial charge in [-0.15, -0.1) is 0 Å². The second-order valence-corrected chi connectivity index (χ2v) is 6.42. The minimum atomic E-state index is -0.0342. The Hall–Kier alpha value is -1.85. The maximum absolute atomic E-state index is 11.7. The van der Waals surface area contributed by atoms with Crippen molar-refractivity contribution in [1.29, 1.82) is 0 Å². The SMILES string of the molecule is O=C(CBr)c1ccc(-c2ccc3nc(C(=O)CBr)ccc3c2)cc1. The smallest absolute Gasteiger partial charge is 0.191 e. The Morgan fingerprint density at radius 3 is 2.12 bits per heavy atom. The van der Waals surface area contributed by atoms with Gasteiger partial charge in [0.2, 0.25) is 0 Å². The highest BCUT2D eigenvalue weighted by atomic mass is 79.9. The number of Topliss-reactive ketones (excluding diaryl/α,β-unsaturated/α-hetero) is 2. The molecule has 0 spiro atoms. The minimum absolute atomic E-state index is 0.0342. The van der Waals surface area contributed by atoms with E-state index in [9.17, 15) is 9.59 Å². The predicted octanol–water partition coefficient (Wildman–Crippen LogP) is 5.06. The van der Waals surface area contributed by atoms with Gasteiger partial charge in [0.05, 0.1) is 16.2 Å². The number of halogens is 2. The zero-order valence-electron chi connectivity index (χ0n) is 12.6. The Morgan fingerprint density at radius 2 is 1.46 bits per heavy atom. The summed E-state index contributed by atoms with van der Waals surface area (Å²) < 4.78 is 0. The summed E-state index contributed by atoms with van der Waals surface area (Å²) >= 11 is 6.34. The molecule has 0 unspecified atom stereocenters. The van der Waals surface area contributed by atoms with Crippen molar-refractivity contribution in [1.82, 2.24) is 4.98 Å². The minimum Gasteiger partial charge on any atom is -0.293 e. The van der Waals surface area contributed by atoms with Gasteiger partial charge in [-0.3, -0.25) is 9.59 Å². The first-order valence-corrected chi connectivity index (χ1v) is 9.56. The molecule has 0 radical (unpaired) electrons. The molecule has 1 aromatic heterocycles. The Balaban J connectivity index is 1.96. The number of pyridine rings is 1. The molecule has 0 bridgehead atoms. The van der Waals surface area contributed by atoms with Gasteiger partial charge in [-0.05, 0) is 29.3 Å². The molecule has 0 amide bonds. The lowest BCUT2D eigenvalue weighted by molar-refractivity contribution is 0.101. The van der Waals surface area contributed by atoms with Crippen molar-refractivity contribution in [3.63, 3.8) is 0 Å². The Bertz CT molecular complexity index is 920. The van der Waals surface area contributed by atoms with E-state index in [1.54, 1.807) is 6.07 Å². The Labute approximate surface area is 156 Å². The van der Waals surface area contributed by atoms with Crippen molar-refractivity contribution in [2.45, 2.75) is 0 Å². The van der Waals surface area contributed by atoms with E-state index < -0.39 is 0 Å². The van der Waals surface area contributed by atoms with Crippen molar-refractivity contribution >= 4 is 54.3 Å². The van der Waals surface area contributed by atoms with E-state index in [-0.39, 0.29) is 16.9 Å². The molecule has 3 rings (SSSR count). The second kappa shape index (κ2) is 7.36. The molecule has 24 heavy (non-hydrogen) atoms. The quantitative estimate of drug-likeness (QED) is 0.406. The first-order valence-electron chi connectivity index (χ1n) is 7.32. The molecule has 0 aliphatic carbocycles. The normalized spacial score (nSPS) is 10.8. The van der Waals surface area contributed by atoms with Crippen molar-refractivity contribution in [3.05, 3.63) is 65.9 Å². The molecule has 0 aliphatic heterocycles. The Kier molecular flexibility index (Phi) is 5.21. The highest BCUT2D eigenvalue weighted by Gasteiger charge is 2.08. The average molecular weight is 447 g/mol. The van der Waals surface area contributed by atoms with Gasteiger partial charge in [0.1, 0.15) is 5.69 Å². The van der Waals surface area contributed by atoms with Gasteiger partial charge in [0.15, 0.2) is 11.6 Å². The fourth-order valence-corrected chi connectivity index (χ4v) is 3.07. The van der Waals surface area contributed by atoms with Gasteiger partial charge in [0, 0.05) is 10.9 Å². The summed E-state index contributed by atoms with van der Waals surface area (Å²) in [6, 6.07) is 17.1. The molecule has 0 aliphatic rings. The summed E-state index contributed by atoms with van der Waals surface area (Å²) in [6.07, 6.45) is 0. The van der Waals surface area contributed by atoms with E-state index in [0.717, 1.165) is 22.0 Å². The van der Waals surface area contributed by atoms with E-state index in [1.165, 1.54) is 0 Å². The number of ketones is 2. The number of hydrogen-bond acceptors (Lipinski definition) is 3. The van der Waals surface area contributed by atoms with Crippen molar-refractivity contribution < 1.29 is 9.59 Å². The largest absolute Gasteiger partial charge is 0.293 e. The van der Waals surface area contributed by atoms with Gasteiger partial charge >= 0.3 is 0 Å². The van der Waals surface area contributed by atoms with Crippen LogP contribution < -0.4 is 0 Å². The second-order valence-electron chi connectivity index (χ2n) is 5.29. The van der Waals surface area contributed by atoms with Crippen LogP contribution in [0.3, 0.4) is 0 Å². The van der Waals surface area contributed by atoms with Crippen LogP contribution in [0.1, 0.15) is 20.8 Å². The molecule has 5 heteroatoms. The van der Waals surface area contributed by atoms with Crippen LogP contribution in [0.15, 0.2) is 54.6 Å². The first kappa shape index (κ1) is 17.0. The summed E-state index contributed by atoms with van der Waals surface area (Å²) in [5.74, 6) is 0.0290. The van der Waals surface area contributed by atoms with Crippen LogP contribution in [-0.4, -0.2) is 27.2 Å². The molecule has 0 N–H and O–H groups in total.